The molecular formula is C28H22ClN3O5. The van der Waals surface area contributed by atoms with Crippen molar-refractivity contribution in [3.63, 3.8) is 0 Å². The summed E-state index contributed by atoms with van der Waals surface area (Å²) < 4.78 is 13.3. The van der Waals surface area contributed by atoms with Crippen LogP contribution in [-0.2, 0) is 0 Å². The number of furan rings is 1. The van der Waals surface area contributed by atoms with Crippen LogP contribution in [0.2, 0.25) is 5.02 Å². The molecule has 2 N–H and O–H groups in total. The monoisotopic (exact) mass is 515 g/mol. The van der Waals surface area contributed by atoms with Gasteiger partial charge < -0.3 is 19.4 Å². The van der Waals surface area contributed by atoms with Crippen LogP contribution in [0.25, 0.3) is 28.2 Å². The van der Waals surface area contributed by atoms with Crippen LogP contribution in [0.3, 0.4) is 0 Å². The molecule has 0 aliphatic rings. The molecule has 0 unspecified atom stereocenters. The van der Waals surface area contributed by atoms with Crippen LogP contribution < -0.4 is 4.74 Å². The Labute approximate surface area is 217 Å². The Morgan fingerprint density at radius 3 is 2.78 bits per heavy atom. The predicted octanol–water partition coefficient (Wildman–Crippen LogP) is 6.78. The number of aliphatic imine (C=N–C) groups is 1. The first kappa shape index (κ1) is 24.1. The molecule has 186 valence electrons. The Morgan fingerprint density at radius 1 is 1.16 bits per heavy atom. The highest BCUT2D eigenvalue weighted by molar-refractivity contribution is 6.31. The van der Waals surface area contributed by atoms with E-state index in [-0.39, 0.29) is 11.3 Å². The van der Waals surface area contributed by atoms with Gasteiger partial charge in [-0.1, -0.05) is 11.6 Å². The third kappa shape index (κ3) is 4.79. The van der Waals surface area contributed by atoms with Crippen LogP contribution in [0.5, 0.6) is 11.5 Å². The van der Waals surface area contributed by atoms with Gasteiger partial charge in [0.1, 0.15) is 22.9 Å². The number of carbonyl (C=O) groups is 1. The maximum absolute atomic E-state index is 11.7. The lowest BCUT2D eigenvalue weighted by Gasteiger charge is -2.07. The Bertz CT molecular complexity index is 1670. The Balaban J connectivity index is 1.58. The lowest BCUT2D eigenvalue weighted by Crippen LogP contribution is -1.98. The SMILES string of the molecule is CCOc1cc(-c2nc3cc(C)ccn3c2N=Cc2ccc(-c3cc(Cl)ccc3C(=O)O)o2)ccc1O. The van der Waals surface area contributed by atoms with E-state index in [0.717, 1.165) is 11.1 Å². The molecule has 0 aliphatic heterocycles. The highest BCUT2D eigenvalue weighted by atomic mass is 35.5. The smallest absolute Gasteiger partial charge is 0.336 e. The van der Waals surface area contributed by atoms with Gasteiger partial charge >= 0.3 is 5.97 Å². The van der Waals surface area contributed by atoms with Crippen molar-refractivity contribution in [3.8, 4) is 34.1 Å². The van der Waals surface area contributed by atoms with Crippen molar-refractivity contribution in [3.05, 3.63) is 88.8 Å². The van der Waals surface area contributed by atoms with Gasteiger partial charge in [-0.15, -0.1) is 0 Å². The van der Waals surface area contributed by atoms with E-state index < -0.39 is 5.97 Å². The first-order valence-corrected chi connectivity index (χ1v) is 11.8. The average molecular weight is 516 g/mol. The molecule has 2 aromatic carbocycles. The van der Waals surface area contributed by atoms with Crippen molar-refractivity contribution in [2.75, 3.05) is 6.61 Å². The molecule has 5 rings (SSSR count). The van der Waals surface area contributed by atoms with Gasteiger partial charge in [-0.2, -0.15) is 0 Å². The van der Waals surface area contributed by atoms with Gasteiger partial charge in [-0.05, 0) is 80.1 Å². The zero-order valence-electron chi connectivity index (χ0n) is 20.0. The number of aromatic carboxylic acids is 1. The summed E-state index contributed by atoms with van der Waals surface area (Å²) in [6, 6.07) is 16.8. The third-order valence-electron chi connectivity index (χ3n) is 5.71. The lowest BCUT2D eigenvalue weighted by molar-refractivity contribution is 0.0697. The fourth-order valence-electron chi connectivity index (χ4n) is 3.98. The number of halogens is 1. The maximum atomic E-state index is 11.7. The number of carboxylic acids is 1. The number of fused-ring (bicyclic) bond motifs is 1. The Kier molecular flexibility index (Phi) is 6.42. The quantitative estimate of drug-likeness (QED) is 0.231. The lowest BCUT2D eigenvalue weighted by atomic mass is 10.1. The molecule has 0 spiro atoms. The van der Waals surface area contributed by atoms with E-state index in [1.807, 2.05) is 36.6 Å². The summed E-state index contributed by atoms with van der Waals surface area (Å²) in [7, 11) is 0. The highest BCUT2D eigenvalue weighted by Gasteiger charge is 2.17. The summed E-state index contributed by atoms with van der Waals surface area (Å²) in [4.78, 5) is 21.1. The molecule has 0 radical (unpaired) electrons. The summed E-state index contributed by atoms with van der Waals surface area (Å²) >= 11 is 6.09. The minimum Gasteiger partial charge on any atom is -0.504 e. The number of benzene rings is 2. The second-order valence-corrected chi connectivity index (χ2v) is 8.72. The number of phenols is 1. The third-order valence-corrected chi connectivity index (χ3v) is 5.94. The van der Waals surface area contributed by atoms with Crippen LogP contribution in [0.15, 0.2) is 76.3 Å². The van der Waals surface area contributed by atoms with E-state index in [9.17, 15) is 15.0 Å². The number of imidazole rings is 1. The second kappa shape index (κ2) is 9.83. The summed E-state index contributed by atoms with van der Waals surface area (Å²) in [5.41, 5.74) is 3.53. The molecule has 0 atom stereocenters. The molecule has 37 heavy (non-hydrogen) atoms. The van der Waals surface area contributed by atoms with Crippen LogP contribution >= 0.6 is 11.6 Å². The van der Waals surface area contributed by atoms with Crippen LogP contribution in [0, 0.1) is 6.92 Å². The van der Waals surface area contributed by atoms with Crippen LogP contribution in [-0.4, -0.2) is 38.4 Å². The van der Waals surface area contributed by atoms with Gasteiger partial charge in [-0.25, -0.2) is 14.8 Å². The standard InChI is InChI=1S/C28H22ClN3O5/c1-3-36-24-13-17(4-8-22(24)33)26-27(32-11-10-16(2)12-25(32)31-26)30-15-19-6-9-23(37-19)21-14-18(29)5-7-20(21)28(34)35/h4-15,33H,3H2,1-2H3,(H,34,35). The predicted molar refractivity (Wildman–Crippen MR) is 142 cm³/mol. The van der Waals surface area contributed by atoms with E-state index in [0.29, 0.717) is 51.6 Å². The minimum atomic E-state index is -1.08. The number of hydrogen-bond donors (Lipinski definition) is 2. The number of phenolic OH excluding ortho intramolecular Hbond substituents is 1. The van der Waals surface area contributed by atoms with E-state index in [1.165, 1.54) is 12.1 Å². The molecule has 0 bridgehead atoms. The zero-order chi connectivity index (χ0) is 26.1. The van der Waals surface area contributed by atoms with E-state index in [1.54, 1.807) is 42.6 Å². The molecule has 9 heteroatoms. The number of aryl methyl sites for hydroxylation is 1. The summed E-state index contributed by atoms with van der Waals surface area (Å²) in [6.45, 7) is 4.23. The maximum Gasteiger partial charge on any atom is 0.336 e. The molecule has 0 amide bonds. The largest absolute Gasteiger partial charge is 0.504 e. The van der Waals surface area contributed by atoms with Crippen LogP contribution in [0.4, 0.5) is 5.82 Å². The molecule has 0 saturated heterocycles. The summed E-state index contributed by atoms with van der Waals surface area (Å²) in [6.07, 6.45) is 3.43. The molecule has 3 aromatic heterocycles. The molecule has 0 fully saturated rings. The average Bonchev–Trinajstić information content (AvgIpc) is 3.48. The number of rotatable bonds is 7. The van der Waals surface area contributed by atoms with Gasteiger partial charge in [0.2, 0.25) is 0 Å². The number of pyridine rings is 1. The van der Waals surface area contributed by atoms with Crippen molar-refractivity contribution >= 4 is 35.2 Å². The normalized spacial score (nSPS) is 11.4. The topological polar surface area (TPSA) is 110 Å². The fourth-order valence-corrected chi connectivity index (χ4v) is 4.15. The summed E-state index contributed by atoms with van der Waals surface area (Å²) in [5.74, 6) is 0.643. The second-order valence-electron chi connectivity index (χ2n) is 8.29. The number of aromatic nitrogens is 2. The van der Waals surface area contributed by atoms with Crippen LogP contribution in [0.1, 0.15) is 28.6 Å². The van der Waals surface area contributed by atoms with Gasteiger partial charge in [0.25, 0.3) is 0 Å². The first-order chi connectivity index (χ1) is 17.8. The number of nitrogens with zero attached hydrogens (tertiary/aromatic N) is 3. The van der Waals surface area contributed by atoms with E-state index in [4.69, 9.17) is 25.7 Å². The first-order valence-electron chi connectivity index (χ1n) is 11.5. The fraction of sp³-hybridized carbons (Fsp3) is 0.107. The highest BCUT2D eigenvalue weighted by Crippen LogP contribution is 2.37. The van der Waals surface area contributed by atoms with Crippen molar-refractivity contribution in [1.82, 2.24) is 9.38 Å². The number of aromatic hydroxyl groups is 1. The van der Waals surface area contributed by atoms with Crippen molar-refractivity contribution in [2.24, 2.45) is 4.99 Å². The van der Waals surface area contributed by atoms with Gasteiger partial charge in [0.05, 0.1) is 18.4 Å². The van der Waals surface area contributed by atoms with E-state index in [2.05, 4.69) is 4.99 Å². The minimum absolute atomic E-state index is 0.0418. The van der Waals surface area contributed by atoms with Gasteiger partial charge in [-0.3, -0.25) is 4.40 Å². The molecule has 0 saturated carbocycles. The van der Waals surface area contributed by atoms with Crippen molar-refractivity contribution < 1.29 is 24.2 Å². The Morgan fingerprint density at radius 2 is 2.00 bits per heavy atom. The number of ether oxygens (including phenoxy) is 1. The summed E-state index contributed by atoms with van der Waals surface area (Å²) in [5, 5.41) is 20.1. The molecular weight excluding hydrogens is 494 g/mol. The number of carboxylic acid groups (broad SMARTS) is 1. The number of hydrogen-bond acceptors (Lipinski definition) is 6. The van der Waals surface area contributed by atoms with E-state index >= 15 is 0 Å². The molecule has 5 aromatic rings. The zero-order valence-corrected chi connectivity index (χ0v) is 20.7. The molecule has 0 aliphatic carbocycles. The van der Waals surface area contributed by atoms with Gasteiger partial charge in [0, 0.05) is 22.3 Å². The Hall–Kier alpha value is -4.56. The van der Waals surface area contributed by atoms with Crippen molar-refractivity contribution in [1.29, 1.82) is 0 Å². The van der Waals surface area contributed by atoms with Gasteiger partial charge in [0.15, 0.2) is 17.3 Å². The molecule has 8 nitrogen and oxygen atoms in total. The molecule has 3 heterocycles. The van der Waals surface area contributed by atoms with Crippen molar-refractivity contribution in [2.45, 2.75) is 13.8 Å².